The van der Waals surface area contributed by atoms with Crippen LogP contribution in [0.3, 0.4) is 0 Å². The number of amides is 3. The molecule has 4 atom stereocenters. The Labute approximate surface area is 253 Å². The lowest BCUT2D eigenvalue weighted by atomic mass is 9.71. The normalized spacial score (nSPS) is 27.9. The number of benzene rings is 2. The quantitative estimate of drug-likeness (QED) is 0.499. The summed E-state index contributed by atoms with van der Waals surface area (Å²) in [6.07, 6.45) is 4.53. The minimum atomic E-state index is -1.37. The minimum Gasteiger partial charge on any atom is -0.396 e. The summed E-state index contributed by atoms with van der Waals surface area (Å²) in [6.45, 7) is 6.94. The second-order valence-electron chi connectivity index (χ2n) is 13.1. The number of anilines is 3. The number of fused-ring (bicyclic) bond motifs is 2. The van der Waals surface area contributed by atoms with E-state index in [0.717, 1.165) is 48.3 Å². The van der Waals surface area contributed by atoms with Crippen molar-refractivity contribution in [3.8, 4) is 0 Å². The first kappa shape index (κ1) is 29.8. The van der Waals surface area contributed by atoms with E-state index in [0.29, 0.717) is 44.5 Å². The Morgan fingerprint density at radius 1 is 0.907 bits per heavy atom. The lowest BCUT2D eigenvalue weighted by Gasteiger charge is -2.34. The Hall–Kier alpha value is -3.27. The molecule has 0 aliphatic carbocycles. The molecule has 3 fully saturated rings. The van der Waals surface area contributed by atoms with Crippen molar-refractivity contribution in [2.75, 3.05) is 34.4 Å². The summed E-state index contributed by atoms with van der Waals surface area (Å²) in [5.41, 5.74) is 1.42. The van der Waals surface area contributed by atoms with Crippen LogP contribution < -0.4 is 14.7 Å². The first-order valence-electron chi connectivity index (χ1n) is 15.7. The Bertz CT molecular complexity index is 1400. The van der Waals surface area contributed by atoms with Gasteiger partial charge >= 0.3 is 0 Å². The topological polar surface area (TPSA) is 111 Å². The molecule has 1 spiro atoms. The van der Waals surface area contributed by atoms with Crippen molar-refractivity contribution in [2.24, 2.45) is 11.8 Å². The van der Waals surface area contributed by atoms with Gasteiger partial charge in [0.1, 0.15) is 0 Å². The van der Waals surface area contributed by atoms with E-state index in [2.05, 4.69) is 0 Å². The fourth-order valence-corrected chi connectivity index (χ4v) is 7.91. The van der Waals surface area contributed by atoms with E-state index in [9.17, 15) is 24.6 Å². The van der Waals surface area contributed by atoms with Gasteiger partial charge in [-0.05, 0) is 81.8 Å². The molecule has 0 bridgehead atoms. The van der Waals surface area contributed by atoms with Crippen molar-refractivity contribution in [1.82, 2.24) is 0 Å². The monoisotopic (exact) mass is 589 g/mol. The van der Waals surface area contributed by atoms with Crippen molar-refractivity contribution in [3.63, 3.8) is 0 Å². The van der Waals surface area contributed by atoms with Crippen molar-refractivity contribution >= 4 is 34.8 Å². The standard InChI is InChI=1S/C34H43N3O6/c1-22-31(33(2,3)42)28(16-19-38)43-34(22)26-20-25(36-18-7-5-9-30(36)40)14-15-27(26)37(32(34)41)21-23-10-12-24(13-11-23)35-17-6-4-8-29(35)39/h10-15,20,22,28,31,38,42H,4-9,16-19,21H2,1-3H3/t22-,28+,31-,34+/m0/s1. The number of rotatable bonds is 7. The highest BCUT2D eigenvalue weighted by Gasteiger charge is 2.65. The molecule has 4 aliphatic heterocycles. The van der Waals surface area contributed by atoms with Crippen LogP contribution in [0, 0.1) is 11.8 Å². The number of hydrogen-bond donors (Lipinski definition) is 2. The van der Waals surface area contributed by atoms with Crippen LogP contribution in [0.5, 0.6) is 0 Å². The molecule has 0 radical (unpaired) electrons. The van der Waals surface area contributed by atoms with Crippen LogP contribution in [0.2, 0.25) is 0 Å². The number of piperidine rings is 2. The molecule has 6 rings (SSSR count). The van der Waals surface area contributed by atoms with Crippen molar-refractivity contribution < 1.29 is 29.3 Å². The molecule has 0 aromatic heterocycles. The number of nitrogens with zero attached hydrogens (tertiary/aromatic N) is 3. The summed E-state index contributed by atoms with van der Waals surface area (Å²) >= 11 is 0. The van der Waals surface area contributed by atoms with Crippen LogP contribution in [0.4, 0.5) is 17.1 Å². The van der Waals surface area contributed by atoms with Crippen molar-refractivity contribution in [2.45, 2.75) is 89.6 Å². The van der Waals surface area contributed by atoms with Crippen molar-refractivity contribution in [3.05, 3.63) is 53.6 Å². The third-order valence-electron chi connectivity index (χ3n) is 9.93. The van der Waals surface area contributed by atoms with Crippen LogP contribution in [-0.4, -0.2) is 59.3 Å². The second kappa shape index (κ2) is 11.3. The predicted molar refractivity (Wildman–Crippen MR) is 164 cm³/mol. The first-order valence-corrected chi connectivity index (χ1v) is 15.7. The number of ether oxygens (including phenoxy) is 1. The van der Waals surface area contributed by atoms with Gasteiger partial charge in [-0.1, -0.05) is 19.1 Å². The van der Waals surface area contributed by atoms with E-state index < -0.39 is 29.1 Å². The average Bonchev–Trinajstić information content (AvgIpc) is 3.40. The van der Waals surface area contributed by atoms with E-state index in [1.807, 2.05) is 54.3 Å². The molecular weight excluding hydrogens is 546 g/mol. The summed E-state index contributed by atoms with van der Waals surface area (Å²) in [7, 11) is 0. The number of carbonyl (C=O) groups is 3. The maximum atomic E-state index is 14.7. The molecule has 0 saturated carbocycles. The van der Waals surface area contributed by atoms with Crippen LogP contribution in [-0.2, 0) is 31.3 Å². The van der Waals surface area contributed by atoms with Gasteiger partial charge in [-0.25, -0.2) is 0 Å². The molecule has 2 aromatic carbocycles. The van der Waals surface area contributed by atoms with Crippen LogP contribution in [0.15, 0.2) is 42.5 Å². The number of hydrogen-bond acceptors (Lipinski definition) is 6. The van der Waals surface area contributed by atoms with Gasteiger partial charge in [0.15, 0.2) is 5.60 Å². The van der Waals surface area contributed by atoms with E-state index in [4.69, 9.17) is 4.74 Å². The highest BCUT2D eigenvalue weighted by molar-refractivity contribution is 6.08. The van der Waals surface area contributed by atoms with Gasteiger partial charge < -0.3 is 29.6 Å². The van der Waals surface area contributed by atoms with Crippen molar-refractivity contribution in [1.29, 1.82) is 0 Å². The fraction of sp³-hybridized carbons (Fsp3) is 0.559. The molecule has 230 valence electrons. The Morgan fingerprint density at radius 2 is 1.51 bits per heavy atom. The van der Waals surface area contributed by atoms with Gasteiger partial charge in [0.05, 0.1) is 23.9 Å². The smallest absolute Gasteiger partial charge is 0.264 e. The predicted octanol–water partition coefficient (Wildman–Crippen LogP) is 4.27. The molecule has 2 N–H and O–H groups in total. The lowest BCUT2D eigenvalue weighted by molar-refractivity contribution is -0.146. The minimum absolute atomic E-state index is 0.0709. The van der Waals surface area contributed by atoms with E-state index in [1.54, 1.807) is 23.6 Å². The van der Waals surface area contributed by atoms with Gasteiger partial charge in [-0.2, -0.15) is 0 Å². The molecular formula is C34H43N3O6. The van der Waals surface area contributed by atoms with Gasteiger partial charge in [0.25, 0.3) is 5.91 Å². The summed E-state index contributed by atoms with van der Waals surface area (Å²) in [6, 6.07) is 13.6. The average molecular weight is 590 g/mol. The highest BCUT2D eigenvalue weighted by Crippen LogP contribution is 2.58. The fourth-order valence-electron chi connectivity index (χ4n) is 7.91. The van der Waals surface area contributed by atoms with Gasteiger partial charge in [-0.3, -0.25) is 14.4 Å². The zero-order valence-corrected chi connectivity index (χ0v) is 25.4. The highest BCUT2D eigenvalue weighted by atomic mass is 16.5. The van der Waals surface area contributed by atoms with Crippen LogP contribution in [0.1, 0.15) is 76.8 Å². The lowest BCUT2D eigenvalue weighted by Crippen LogP contribution is -2.46. The second-order valence-corrected chi connectivity index (χ2v) is 13.1. The molecule has 3 amide bonds. The molecule has 2 aromatic rings. The number of aliphatic hydroxyl groups excluding tert-OH is 1. The molecule has 0 unspecified atom stereocenters. The third kappa shape index (κ3) is 5.05. The van der Waals surface area contributed by atoms with E-state index in [-0.39, 0.29) is 24.3 Å². The van der Waals surface area contributed by atoms with Crippen LogP contribution in [0.25, 0.3) is 0 Å². The maximum Gasteiger partial charge on any atom is 0.264 e. The summed E-state index contributed by atoms with van der Waals surface area (Å²) < 4.78 is 6.73. The maximum absolute atomic E-state index is 14.7. The third-order valence-corrected chi connectivity index (χ3v) is 9.93. The van der Waals surface area contributed by atoms with Gasteiger partial charge in [0, 0.05) is 61.3 Å². The number of carbonyl (C=O) groups excluding carboxylic acids is 3. The van der Waals surface area contributed by atoms with Gasteiger partial charge in [-0.15, -0.1) is 0 Å². The SMILES string of the molecule is C[C@H]1[C@H](C(C)(C)O)[C@@H](CCO)O[C@]12C(=O)N(Cc1ccc(N3CCCCC3=O)cc1)c1ccc(N3CCCCC3=O)cc12. The Morgan fingerprint density at radius 3 is 2.09 bits per heavy atom. The Kier molecular flexibility index (Phi) is 7.85. The summed E-state index contributed by atoms with van der Waals surface area (Å²) in [5.74, 6) is -0.805. The zero-order valence-electron chi connectivity index (χ0n) is 25.4. The molecule has 3 saturated heterocycles. The van der Waals surface area contributed by atoms with Gasteiger partial charge in [0.2, 0.25) is 11.8 Å². The summed E-state index contributed by atoms with van der Waals surface area (Å²) in [4.78, 5) is 45.3. The largest absolute Gasteiger partial charge is 0.396 e. The van der Waals surface area contributed by atoms with Crippen LogP contribution >= 0.6 is 0 Å². The zero-order chi connectivity index (χ0) is 30.5. The Balaban J connectivity index is 1.39. The molecule has 9 heteroatoms. The summed E-state index contributed by atoms with van der Waals surface area (Å²) in [5, 5.41) is 21.1. The molecule has 9 nitrogen and oxygen atoms in total. The van der Waals surface area contributed by atoms with E-state index >= 15 is 0 Å². The number of aliphatic hydroxyl groups is 2. The van der Waals surface area contributed by atoms with E-state index in [1.165, 1.54) is 0 Å². The molecule has 4 heterocycles. The molecule has 4 aliphatic rings. The molecule has 43 heavy (non-hydrogen) atoms. The first-order chi connectivity index (χ1) is 20.6.